The lowest BCUT2D eigenvalue weighted by atomic mass is 10.3. The Kier molecular flexibility index (Phi) is 4.45. The number of carbonyl (C=O) groups excluding carboxylic acids is 1. The quantitative estimate of drug-likeness (QED) is 0.801. The molecule has 1 aliphatic rings. The first kappa shape index (κ1) is 15.7. The first-order valence-corrected chi connectivity index (χ1v) is 7.15. The van der Waals surface area contributed by atoms with E-state index in [1.807, 2.05) is 6.92 Å². The molecule has 1 saturated heterocycles. The molecule has 0 unspecified atom stereocenters. The van der Waals surface area contributed by atoms with Gasteiger partial charge in [0.15, 0.2) is 0 Å². The van der Waals surface area contributed by atoms with Crippen molar-refractivity contribution in [1.29, 1.82) is 0 Å². The summed E-state index contributed by atoms with van der Waals surface area (Å²) < 4.78 is 37.7. The number of amidine groups is 1. The normalized spacial score (nSPS) is 18.1. The monoisotopic (exact) mass is 321 g/mol. The van der Waals surface area contributed by atoms with Gasteiger partial charge in [-0.25, -0.2) is 9.69 Å². The maximum Gasteiger partial charge on any atom is 0.445 e. The van der Waals surface area contributed by atoms with Gasteiger partial charge in [0.05, 0.1) is 6.54 Å². The molecule has 0 N–H and O–H groups in total. The number of alkyl halides is 3. The number of halogens is 3. The molecule has 2 amide bonds. The van der Waals surface area contributed by atoms with E-state index in [2.05, 4.69) is 15.2 Å². The smallest absolute Gasteiger partial charge is 0.320 e. The zero-order valence-electron chi connectivity index (χ0n) is 11.5. The second kappa shape index (κ2) is 5.96. The summed E-state index contributed by atoms with van der Waals surface area (Å²) in [5.41, 5.74) is 0. The molecular formula is C11H14F3N5OS. The molecule has 6 nitrogen and oxygen atoms in total. The van der Waals surface area contributed by atoms with E-state index < -0.39 is 17.2 Å². The fraction of sp³-hybridized carbons (Fsp3) is 0.636. The fourth-order valence-electron chi connectivity index (χ4n) is 1.73. The van der Waals surface area contributed by atoms with Crippen molar-refractivity contribution < 1.29 is 18.0 Å². The predicted molar refractivity (Wildman–Crippen MR) is 72.6 cm³/mol. The van der Waals surface area contributed by atoms with E-state index in [9.17, 15) is 18.0 Å². The van der Waals surface area contributed by atoms with Gasteiger partial charge in [-0.2, -0.15) is 13.2 Å². The highest BCUT2D eigenvalue weighted by Gasteiger charge is 2.40. The molecule has 0 bridgehead atoms. The van der Waals surface area contributed by atoms with Crippen LogP contribution in [-0.2, 0) is 6.18 Å². The standard InChI is InChI=1S/C11H14F3N5OS/c1-3-4-5-15-7-6-18(2)10(20)19(7)9-17-16-8(21-9)11(12,13)14/h3-6H2,1-2H3. The van der Waals surface area contributed by atoms with Gasteiger partial charge in [0.2, 0.25) is 10.1 Å². The van der Waals surface area contributed by atoms with Crippen molar-refractivity contribution in [3.05, 3.63) is 5.01 Å². The fourth-order valence-corrected chi connectivity index (χ4v) is 2.46. The van der Waals surface area contributed by atoms with Crippen molar-refractivity contribution >= 4 is 28.3 Å². The molecule has 0 radical (unpaired) electrons. The molecule has 0 aromatic carbocycles. The third-order valence-electron chi connectivity index (χ3n) is 2.81. The highest BCUT2D eigenvalue weighted by atomic mass is 32.1. The summed E-state index contributed by atoms with van der Waals surface area (Å²) in [6.07, 6.45) is -2.78. The maximum atomic E-state index is 12.6. The molecule has 0 spiro atoms. The molecule has 116 valence electrons. The van der Waals surface area contributed by atoms with Gasteiger partial charge >= 0.3 is 12.2 Å². The van der Waals surface area contributed by atoms with Crippen molar-refractivity contribution in [1.82, 2.24) is 15.1 Å². The van der Waals surface area contributed by atoms with E-state index in [4.69, 9.17) is 0 Å². The summed E-state index contributed by atoms with van der Waals surface area (Å²) in [5, 5.41) is 5.39. The summed E-state index contributed by atoms with van der Waals surface area (Å²) in [5.74, 6) is 0.404. The van der Waals surface area contributed by atoms with Gasteiger partial charge in [-0.3, -0.25) is 4.99 Å². The number of hydrogen-bond donors (Lipinski definition) is 0. The first-order chi connectivity index (χ1) is 9.84. The van der Waals surface area contributed by atoms with Crippen LogP contribution in [0.25, 0.3) is 0 Å². The maximum absolute atomic E-state index is 12.6. The zero-order valence-corrected chi connectivity index (χ0v) is 12.3. The van der Waals surface area contributed by atoms with Gasteiger partial charge in [-0.05, 0) is 6.42 Å². The Bertz CT molecular complexity index is 556. The number of rotatable bonds is 4. The Morgan fingerprint density at radius 2 is 2.10 bits per heavy atom. The molecule has 1 fully saturated rings. The van der Waals surface area contributed by atoms with E-state index >= 15 is 0 Å². The lowest BCUT2D eigenvalue weighted by molar-refractivity contribution is -0.138. The molecule has 2 rings (SSSR count). The number of urea groups is 1. The molecule has 1 aromatic rings. The van der Waals surface area contributed by atoms with Gasteiger partial charge in [-0.1, -0.05) is 24.7 Å². The number of anilines is 1. The average Bonchev–Trinajstić information content (AvgIpc) is 2.96. The topological polar surface area (TPSA) is 61.7 Å². The molecule has 1 aromatic heterocycles. The number of nitrogens with zero attached hydrogens (tertiary/aromatic N) is 5. The molecule has 0 aliphatic carbocycles. The number of carbonyl (C=O) groups is 1. The van der Waals surface area contributed by atoms with E-state index in [0.29, 0.717) is 23.7 Å². The summed E-state index contributed by atoms with van der Waals surface area (Å²) in [7, 11) is 1.56. The van der Waals surface area contributed by atoms with Crippen LogP contribution in [0.4, 0.5) is 23.1 Å². The molecule has 2 heterocycles. The number of aromatic nitrogens is 2. The Hall–Kier alpha value is -1.71. The number of amides is 2. The minimum Gasteiger partial charge on any atom is -0.320 e. The highest BCUT2D eigenvalue weighted by Crippen LogP contribution is 2.35. The highest BCUT2D eigenvalue weighted by molar-refractivity contribution is 7.15. The largest absolute Gasteiger partial charge is 0.445 e. The van der Waals surface area contributed by atoms with Crippen molar-refractivity contribution in [2.45, 2.75) is 25.9 Å². The Morgan fingerprint density at radius 1 is 1.38 bits per heavy atom. The van der Waals surface area contributed by atoms with Crippen molar-refractivity contribution in [2.24, 2.45) is 4.99 Å². The predicted octanol–water partition coefficient (Wildman–Crippen LogP) is 2.63. The summed E-state index contributed by atoms with van der Waals surface area (Å²) >= 11 is 0.336. The second-order valence-electron chi connectivity index (χ2n) is 4.51. The molecule has 1 aliphatic heterocycles. The van der Waals surface area contributed by atoms with Crippen molar-refractivity contribution in [3.63, 3.8) is 0 Å². The Labute approximate surface area is 123 Å². The Morgan fingerprint density at radius 3 is 2.67 bits per heavy atom. The molecule has 0 atom stereocenters. The third-order valence-corrected chi connectivity index (χ3v) is 3.76. The van der Waals surface area contributed by atoms with Crippen LogP contribution in [0, 0.1) is 0 Å². The molecule has 0 saturated carbocycles. The van der Waals surface area contributed by atoms with E-state index in [0.717, 1.165) is 17.7 Å². The number of likely N-dealkylation sites (N-methyl/N-ethyl adjacent to an activating group) is 1. The molecule has 21 heavy (non-hydrogen) atoms. The minimum absolute atomic E-state index is 0.105. The second-order valence-corrected chi connectivity index (χ2v) is 5.47. The van der Waals surface area contributed by atoms with E-state index in [1.54, 1.807) is 7.05 Å². The van der Waals surface area contributed by atoms with Gasteiger partial charge in [-0.15, -0.1) is 10.2 Å². The third kappa shape index (κ3) is 3.31. The average molecular weight is 321 g/mol. The van der Waals surface area contributed by atoms with Crippen molar-refractivity contribution in [3.8, 4) is 0 Å². The minimum atomic E-state index is -4.57. The Balaban J connectivity index is 2.27. The van der Waals surface area contributed by atoms with Gasteiger partial charge in [0.25, 0.3) is 0 Å². The molecular weight excluding hydrogens is 307 g/mol. The summed E-state index contributed by atoms with van der Waals surface area (Å²) in [6, 6.07) is -0.449. The van der Waals surface area contributed by atoms with Crippen LogP contribution in [0.3, 0.4) is 0 Å². The van der Waals surface area contributed by atoms with Crippen molar-refractivity contribution in [2.75, 3.05) is 25.0 Å². The van der Waals surface area contributed by atoms with Crippen LogP contribution >= 0.6 is 11.3 Å². The van der Waals surface area contributed by atoms with Gasteiger partial charge in [0.1, 0.15) is 5.84 Å². The van der Waals surface area contributed by atoms with Crippen LogP contribution in [0.1, 0.15) is 24.8 Å². The lowest BCUT2D eigenvalue weighted by Gasteiger charge is -2.11. The van der Waals surface area contributed by atoms with Gasteiger partial charge in [0, 0.05) is 13.6 Å². The zero-order chi connectivity index (χ0) is 15.6. The summed E-state index contributed by atoms with van der Waals surface area (Å²) in [4.78, 5) is 18.8. The van der Waals surface area contributed by atoms with Crippen LogP contribution in [-0.4, -0.2) is 47.1 Å². The van der Waals surface area contributed by atoms with Gasteiger partial charge < -0.3 is 4.90 Å². The number of aliphatic imine (C=N–C) groups is 1. The lowest BCUT2D eigenvalue weighted by Crippen LogP contribution is -2.31. The summed E-state index contributed by atoms with van der Waals surface area (Å²) in [6.45, 7) is 2.78. The first-order valence-electron chi connectivity index (χ1n) is 6.33. The van der Waals surface area contributed by atoms with Crippen LogP contribution < -0.4 is 4.90 Å². The van der Waals surface area contributed by atoms with Crippen LogP contribution in [0.15, 0.2) is 4.99 Å². The van der Waals surface area contributed by atoms with E-state index in [-0.39, 0.29) is 11.7 Å². The van der Waals surface area contributed by atoms with E-state index in [1.165, 1.54) is 4.90 Å². The SMILES string of the molecule is CCCCN=C1CN(C)C(=O)N1c1nnc(C(F)(F)F)s1. The molecule has 10 heteroatoms. The number of unbranched alkanes of at least 4 members (excludes halogenated alkanes) is 1. The number of hydrogen-bond acceptors (Lipinski definition) is 5. The van der Waals surface area contributed by atoms with Crippen LogP contribution in [0.5, 0.6) is 0 Å². The van der Waals surface area contributed by atoms with Crippen LogP contribution in [0.2, 0.25) is 0 Å².